The van der Waals surface area contributed by atoms with Crippen molar-refractivity contribution in [1.82, 2.24) is 4.90 Å². The lowest BCUT2D eigenvalue weighted by molar-refractivity contribution is -0.117. The number of amides is 1. The maximum atomic E-state index is 12.4. The first kappa shape index (κ1) is 16.5. The molecule has 0 radical (unpaired) electrons. The second-order valence-electron chi connectivity index (χ2n) is 7.17. The Morgan fingerprint density at radius 2 is 1.82 bits per heavy atom. The van der Waals surface area contributed by atoms with Crippen molar-refractivity contribution in [3.05, 3.63) is 35.4 Å². The molecule has 1 unspecified atom stereocenters. The summed E-state index contributed by atoms with van der Waals surface area (Å²) in [5.41, 5.74) is 0.431. The van der Waals surface area contributed by atoms with Gasteiger partial charge in [0.05, 0.1) is 0 Å². The first-order chi connectivity index (χ1) is 10.2. The summed E-state index contributed by atoms with van der Waals surface area (Å²) in [5.74, 6) is 0.502. The molecule has 1 aliphatic carbocycles. The van der Waals surface area contributed by atoms with Crippen LogP contribution in [0, 0.1) is 0 Å². The Morgan fingerprint density at radius 3 is 2.32 bits per heavy atom. The van der Waals surface area contributed by atoms with Crippen molar-refractivity contribution < 1.29 is 14.3 Å². The Balaban J connectivity index is 2.36. The Bertz CT molecular complexity index is 572. The minimum atomic E-state index is -1.03. The number of carbonyl (C=O) groups is 2. The van der Waals surface area contributed by atoms with Gasteiger partial charge in [-0.2, -0.15) is 0 Å². The van der Waals surface area contributed by atoms with E-state index in [1.54, 1.807) is 14.0 Å². The second-order valence-corrected chi connectivity index (χ2v) is 7.17. The van der Waals surface area contributed by atoms with Gasteiger partial charge in [0.1, 0.15) is 17.4 Å². The quantitative estimate of drug-likeness (QED) is 0.794. The van der Waals surface area contributed by atoms with Gasteiger partial charge in [-0.1, -0.05) is 24.3 Å². The first-order valence-electron chi connectivity index (χ1n) is 7.71. The Labute approximate surface area is 132 Å². The van der Waals surface area contributed by atoms with Gasteiger partial charge in [0.15, 0.2) is 0 Å². The van der Waals surface area contributed by atoms with Crippen molar-refractivity contribution in [2.45, 2.75) is 57.6 Å². The van der Waals surface area contributed by atoms with Crippen LogP contribution in [0.25, 0.3) is 0 Å². The minimum absolute atomic E-state index is 0.493. The fraction of sp³-hybridized carbons (Fsp3) is 0.556. The number of hydrogen-bond acceptors (Lipinski definition) is 3. The highest BCUT2D eigenvalue weighted by Crippen LogP contribution is 2.44. The number of benzene rings is 1. The summed E-state index contributed by atoms with van der Waals surface area (Å²) in [6.07, 6.45) is 2.62. The zero-order valence-electron chi connectivity index (χ0n) is 14.1. The Kier molecular flexibility index (Phi) is 4.32. The van der Waals surface area contributed by atoms with Gasteiger partial charge in [0, 0.05) is 7.05 Å². The van der Waals surface area contributed by atoms with E-state index in [1.807, 2.05) is 39.0 Å². The van der Waals surface area contributed by atoms with E-state index >= 15 is 0 Å². The average molecular weight is 303 g/mol. The highest BCUT2D eigenvalue weighted by molar-refractivity contribution is 5.78. The molecule has 4 nitrogen and oxygen atoms in total. The summed E-state index contributed by atoms with van der Waals surface area (Å²) in [7, 11) is 1.62. The van der Waals surface area contributed by atoms with Crippen LogP contribution in [0.1, 0.15) is 57.6 Å². The molecule has 0 heterocycles. The number of rotatable bonds is 4. The molecule has 1 amide bonds. The predicted octanol–water partition coefficient (Wildman–Crippen LogP) is 3.85. The van der Waals surface area contributed by atoms with Gasteiger partial charge >= 0.3 is 6.09 Å². The molecular weight excluding hydrogens is 278 g/mol. The van der Waals surface area contributed by atoms with Crippen molar-refractivity contribution in [2.24, 2.45) is 0 Å². The Hall–Kier alpha value is -1.84. The summed E-state index contributed by atoms with van der Waals surface area (Å²) < 4.78 is 5.41. The van der Waals surface area contributed by atoms with Crippen LogP contribution in [0.2, 0.25) is 0 Å². The van der Waals surface area contributed by atoms with Gasteiger partial charge in [-0.3, -0.25) is 4.90 Å². The number of ether oxygens (including phenoxy) is 1. The predicted molar refractivity (Wildman–Crippen MR) is 85.8 cm³/mol. The lowest BCUT2D eigenvalue weighted by Crippen LogP contribution is -2.48. The van der Waals surface area contributed by atoms with Crippen LogP contribution >= 0.6 is 0 Å². The molecule has 120 valence electrons. The van der Waals surface area contributed by atoms with Crippen LogP contribution in [-0.2, 0) is 15.1 Å². The molecule has 4 heteroatoms. The molecule has 0 aliphatic heterocycles. The number of carbonyl (C=O) groups excluding carboxylic acids is 2. The molecular formula is C18H25NO3. The summed E-state index contributed by atoms with van der Waals surface area (Å²) in [5, 5.41) is 0. The van der Waals surface area contributed by atoms with Gasteiger partial charge in [0.2, 0.25) is 0 Å². The average Bonchev–Trinajstić information content (AvgIpc) is 3.28. The van der Waals surface area contributed by atoms with Gasteiger partial charge in [-0.25, -0.2) is 4.79 Å². The smallest absolute Gasteiger partial charge is 0.411 e. The SMILES string of the molecule is CN(C(=O)OC(C)(C)C)C(C)(C=O)c1ccccc1C1CC1. The zero-order valence-corrected chi connectivity index (χ0v) is 14.1. The van der Waals surface area contributed by atoms with Gasteiger partial charge < -0.3 is 9.53 Å². The minimum Gasteiger partial charge on any atom is -0.444 e. The molecule has 1 aliphatic rings. The second kappa shape index (κ2) is 5.75. The molecule has 1 fully saturated rings. The third-order valence-electron chi connectivity index (χ3n) is 4.12. The van der Waals surface area contributed by atoms with Crippen molar-refractivity contribution >= 4 is 12.4 Å². The molecule has 0 N–H and O–H groups in total. The van der Waals surface area contributed by atoms with E-state index in [4.69, 9.17) is 4.74 Å². The van der Waals surface area contributed by atoms with Gasteiger partial charge in [-0.05, 0) is 57.6 Å². The molecule has 2 rings (SSSR count). The largest absolute Gasteiger partial charge is 0.444 e. The van der Waals surface area contributed by atoms with Crippen molar-refractivity contribution in [3.8, 4) is 0 Å². The summed E-state index contributed by atoms with van der Waals surface area (Å²) in [6, 6.07) is 7.88. The zero-order chi connectivity index (χ0) is 16.5. The molecule has 0 aromatic heterocycles. The van der Waals surface area contributed by atoms with Crippen LogP contribution < -0.4 is 0 Å². The molecule has 1 saturated carbocycles. The molecule has 1 aromatic rings. The van der Waals surface area contributed by atoms with Gasteiger partial charge in [0.25, 0.3) is 0 Å². The lowest BCUT2D eigenvalue weighted by Gasteiger charge is -2.37. The van der Waals surface area contributed by atoms with Gasteiger partial charge in [-0.15, -0.1) is 0 Å². The van der Waals surface area contributed by atoms with Crippen molar-refractivity contribution in [3.63, 3.8) is 0 Å². The number of hydrogen-bond donors (Lipinski definition) is 0. The normalized spacial score (nSPS) is 17.5. The Morgan fingerprint density at radius 1 is 1.23 bits per heavy atom. The molecule has 1 atom stereocenters. The third-order valence-corrected chi connectivity index (χ3v) is 4.12. The summed E-state index contributed by atoms with van der Waals surface area (Å²) >= 11 is 0. The molecule has 1 aromatic carbocycles. The first-order valence-corrected chi connectivity index (χ1v) is 7.71. The van der Waals surface area contributed by atoms with E-state index < -0.39 is 17.2 Å². The van der Waals surface area contributed by atoms with Crippen LogP contribution in [-0.4, -0.2) is 29.9 Å². The topological polar surface area (TPSA) is 46.6 Å². The van der Waals surface area contributed by atoms with Crippen LogP contribution in [0.5, 0.6) is 0 Å². The summed E-state index contributed by atoms with van der Waals surface area (Å²) in [6.45, 7) is 7.21. The van der Waals surface area contributed by atoms with E-state index in [9.17, 15) is 9.59 Å². The number of nitrogens with zero attached hydrogens (tertiary/aromatic N) is 1. The maximum absolute atomic E-state index is 12.4. The van der Waals surface area contributed by atoms with E-state index in [-0.39, 0.29) is 0 Å². The number of likely N-dealkylation sites (N-methyl/N-ethyl adjacent to an activating group) is 1. The highest BCUT2D eigenvalue weighted by Gasteiger charge is 2.40. The maximum Gasteiger partial charge on any atom is 0.411 e. The highest BCUT2D eigenvalue weighted by atomic mass is 16.6. The standard InChI is InChI=1S/C18H25NO3/c1-17(2,3)22-16(21)19(5)18(4,12-20)15-9-7-6-8-14(15)13-10-11-13/h6-9,12-13H,10-11H2,1-5H3. The van der Waals surface area contributed by atoms with E-state index in [0.717, 1.165) is 30.3 Å². The summed E-state index contributed by atoms with van der Waals surface area (Å²) in [4.78, 5) is 25.7. The van der Waals surface area contributed by atoms with Crippen molar-refractivity contribution in [2.75, 3.05) is 7.05 Å². The molecule has 22 heavy (non-hydrogen) atoms. The molecule has 0 saturated heterocycles. The van der Waals surface area contributed by atoms with Crippen LogP contribution in [0.4, 0.5) is 4.79 Å². The van der Waals surface area contributed by atoms with Crippen LogP contribution in [0.15, 0.2) is 24.3 Å². The fourth-order valence-electron chi connectivity index (χ4n) is 2.55. The van der Waals surface area contributed by atoms with Crippen LogP contribution in [0.3, 0.4) is 0 Å². The number of aldehydes is 1. The fourth-order valence-corrected chi connectivity index (χ4v) is 2.55. The van der Waals surface area contributed by atoms with E-state index in [2.05, 4.69) is 6.07 Å². The third kappa shape index (κ3) is 3.32. The van der Waals surface area contributed by atoms with E-state index in [1.165, 1.54) is 4.90 Å². The lowest BCUT2D eigenvalue weighted by atomic mass is 9.86. The van der Waals surface area contributed by atoms with E-state index in [0.29, 0.717) is 5.92 Å². The molecule has 0 spiro atoms. The molecule has 0 bridgehead atoms. The monoisotopic (exact) mass is 303 g/mol. The van der Waals surface area contributed by atoms with Crippen molar-refractivity contribution in [1.29, 1.82) is 0 Å².